The average Bonchev–Trinajstić information content (AvgIpc) is 2.97. The summed E-state index contributed by atoms with van der Waals surface area (Å²) < 4.78 is 0. The molecule has 4 heteroatoms. The Morgan fingerprint density at radius 3 is 2.57 bits per heavy atom. The van der Waals surface area contributed by atoms with Crippen LogP contribution < -0.4 is 4.90 Å². The van der Waals surface area contributed by atoms with E-state index in [0.717, 1.165) is 51.4 Å². The Hall–Kier alpha value is -1.39. The van der Waals surface area contributed by atoms with Crippen LogP contribution in [0, 0.1) is 0 Å². The van der Waals surface area contributed by atoms with E-state index in [2.05, 4.69) is 41.8 Å². The van der Waals surface area contributed by atoms with Gasteiger partial charge in [-0.15, -0.1) is 0 Å². The minimum absolute atomic E-state index is 0.0184. The SMILES string of the molecule is CCN1CCN([C@@H](C)C(=O)N2CCc3ccccc32)CC1. The number of anilines is 1. The summed E-state index contributed by atoms with van der Waals surface area (Å²) in [5, 5.41) is 0. The Labute approximate surface area is 127 Å². The number of hydrogen-bond donors (Lipinski definition) is 0. The third kappa shape index (κ3) is 2.83. The molecule has 0 radical (unpaired) electrons. The molecule has 4 nitrogen and oxygen atoms in total. The molecule has 1 saturated heterocycles. The standard InChI is InChI=1S/C17H25N3O/c1-3-18-10-12-19(13-11-18)14(2)17(21)20-9-8-15-6-4-5-7-16(15)20/h4-7,14H,3,8-13H2,1-2H3/t14-/m0/s1. The highest BCUT2D eigenvalue weighted by atomic mass is 16.2. The number of benzene rings is 1. The zero-order valence-electron chi connectivity index (χ0n) is 13.1. The third-order valence-corrected chi connectivity index (χ3v) is 4.91. The predicted molar refractivity (Wildman–Crippen MR) is 85.6 cm³/mol. The number of para-hydroxylation sites is 1. The van der Waals surface area contributed by atoms with Crippen LogP contribution in [0.1, 0.15) is 19.4 Å². The zero-order valence-corrected chi connectivity index (χ0v) is 13.1. The molecule has 2 heterocycles. The van der Waals surface area contributed by atoms with Gasteiger partial charge in [-0.25, -0.2) is 0 Å². The molecule has 2 aliphatic rings. The van der Waals surface area contributed by atoms with Crippen LogP contribution in [0.3, 0.4) is 0 Å². The third-order valence-electron chi connectivity index (χ3n) is 4.91. The van der Waals surface area contributed by atoms with Gasteiger partial charge in [0.2, 0.25) is 5.91 Å². The molecule has 1 atom stereocenters. The van der Waals surface area contributed by atoms with Gasteiger partial charge in [0.25, 0.3) is 0 Å². The van der Waals surface area contributed by atoms with E-state index in [1.54, 1.807) is 0 Å². The van der Waals surface area contributed by atoms with Crippen molar-refractivity contribution in [3.05, 3.63) is 29.8 Å². The lowest BCUT2D eigenvalue weighted by atomic mass is 10.1. The first-order chi connectivity index (χ1) is 10.2. The highest BCUT2D eigenvalue weighted by Crippen LogP contribution is 2.28. The number of rotatable bonds is 3. The topological polar surface area (TPSA) is 26.8 Å². The molecule has 2 aliphatic heterocycles. The van der Waals surface area contributed by atoms with Gasteiger partial charge < -0.3 is 9.80 Å². The van der Waals surface area contributed by atoms with Crippen LogP contribution in [0.25, 0.3) is 0 Å². The normalized spacial score (nSPS) is 21.3. The molecule has 1 amide bonds. The van der Waals surface area contributed by atoms with Gasteiger partial charge in [0.1, 0.15) is 0 Å². The summed E-state index contributed by atoms with van der Waals surface area (Å²) in [6.07, 6.45) is 0.984. The van der Waals surface area contributed by atoms with E-state index in [9.17, 15) is 4.79 Å². The van der Waals surface area contributed by atoms with E-state index in [-0.39, 0.29) is 11.9 Å². The van der Waals surface area contributed by atoms with Gasteiger partial charge in [-0.2, -0.15) is 0 Å². The van der Waals surface area contributed by atoms with Crippen molar-refractivity contribution in [2.24, 2.45) is 0 Å². The fourth-order valence-corrected chi connectivity index (χ4v) is 3.42. The first-order valence-corrected chi connectivity index (χ1v) is 8.06. The largest absolute Gasteiger partial charge is 0.310 e. The zero-order chi connectivity index (χ0) is 14.8. The summed E-state index contributed by atoms with van der Waals surface area (Å²) in [6.45, 7) is 10.3. The molecule has 0 spiro atoms. The second-order valence-corrected chi connectivity index (χ2v) is 6.01. The van der Waals surface area contributed by atoms with E-state index in [0.29, 0.717) is 0 Å². The Kier molecular flexibility index (Phi) is 4.27. The maximum atomic E-state index is 12.8. The van der Waals surface area contributed by atoms with Crippen LogP contribution in [-0.4, -0.2) is 61.0 Å². The molecular weight excluding hydrogens is 262 g/mol. The molecule has 0 aromatic heterocycles. The number of amides is 1. The van der Waals surface area contributed by atoms with Crippen LogP contribution in [0.2, 0.25) is 0 Å². The van der Waals surface area contributed by atoms with Crippen molar-refractivity contribution >= 4 is 11.6 Å². The van der Waals surface area contributed by atoms with E-state index in [1.165, 1.54) is 5.56 Å². The second-order valence-electron chi connectivity index (χ2n) is 6.01. The van der Waals surface area contributed by atoms with Gasteiger partial charge in [-0.05, 0) is 31.5 Å². The average molecular weight is 287 g/mol. The molecule has 1 fully saturated rings. The number of hydrogen-bond acceptors (Lipinski definition) is 3. The number of piperazine rings is 1. The molecule has 21 heavy (non-hydrogen) atoms. The molecule has 3 rings (SSSR count). The monoisotopic (exact) mass is 287 g/mol. The summed E-state index contributed by atoms with van der Waals surface area (Å²) in [4.78, 5) is 19.6. The maximum Gasteiger partial charge on any atom is 0.244 e. The quantitative estimate of drug-likeness (QED) is 0.845. The van der Waals surface area contributed by atoms with Gasteiger partial charge in [0.05, 0.1) is 6.04 Å². The number of likely N-dealkylation sites (N-methyl/N-ethyl adjacent to an activating group) is 1. The summed E-state index contributed by atoms with van der Waals surface area (Å²) >= 11 is 0. The van der Waals surface area contributed by atoms with E-state index in [4.69, 9.17) is 0 Å². The van der Waals surface area contributed by atoms with E-state index in [1.807, 2.05) is 11.0 Å². The second kappa shape index (κ2) is 6.16. The van der Waals surface area contributed by atoms with Gasteiger partial charge in [-0.3, -0.25) is 9.69 Å². The molecule has 1 aromatic rings. The van der Waals surface area contributed by atoms with Crippen LogP contribution in [0.15, 0.2) is 24.3 Å². The van der Waals surface area contributed by atoms with Crippen molar-refractivity contribution in [2.75, 3.05) is 44.2 Å². The van der Waals surface area contributed by atoms with Gasteiger partial charge in [-0.1, -0.05) is 25.1 Å². The lowest BCUT2D eigenvalue weighted by molar-refractivity contribution is -0.123. The summed E-state index contributed by atoms with van der Waals surface area (Å²) in [7, 11) is 0. The molecule has 0 bridgehead atoms. The van der Waals surface area contributed by atoms with Crippen molar-refractivity contribution in [1.82, 2.24) is 9.80 Å². The molecule has 1 aromatic carbocycles. The van der Waals surface area contributed by atoms with Gasteiger partial charge >= 0.3 is 0 Å². The highest BCUT2D eigenvalue weighted by Gasteiger charge is 2.31. The minimum Gasteiger partial charge on any atom is -0.310 e. The Bertz CT molecular complexity index is 509. The molecule has 0 saturated carbocycles. The summed E-state index contributed by atoms with van der Waals surface area (Å²) in [6, 6.07) is 8.26. The lowest BCUT2D eigenvalue weighted by Crippen LogP contribution is -2.54. The van der Waals surface area contributed by atoms with Gasteiger partial charge in [0.15, 0.2) is 0 Å². The molecular formula is C17H25N3O. The van der Waals surface area contributed by atoms with Crippen LogP contribution in [0.4, 0.5) is 5.69 Å². The fraction of sp³-hybridized carbons (Fsp3) is 0.588. The van der Waals surface area contributed by atoms with Crippen LogP contribution >= 0.6 is 0 Å². The predicted octanol–water partition coefficient (Wildman–Crippen LogP) is 1.60. The summed E-state index contributed by atoms with van der Waals surface area (Å²) in [5.41, 5.74) is 2.41. The smallest absolute Gasteiger partial charge is 0.244 e. The lowest BCUT2D eigenvalue weighted by Gasteiger charge is -2.38. The number of carbonyl (C=O) groups is 1. The molecule has 0 N–H and O–H groups in total. The van der Waals surface area contributed by atoms with Crippen LogP contribution in [-0.2, 0) is 11.2 Å². The van der Waals surface area contributed by atoms with Crippen molar-refractivity contribution in [2.45, 2.75) is 26.3 Å². The maximum absolute atomic E-state index is 12.8. The van der Waals surface area contributed by atoms with Crippen molar-refractivity contribution < 1.29 is 4.79 Å². The number of nitrogens with zero attached hydrogens (tertiary/aromatic N) is 3. The molecule has 114 valence electrons. The minimum atomic E-state index is -0.0184. The van der Waals surface area contributed by atoms with Crippen LogP contribution in [0.5, 0.6) is 0 Å². The summed E-state index contributed by atoms with van der Waals surface area (Å²) in [5.74, 6) is 0.255. The van der Waals surface area contributed by atoms with Crippen molar-refractivity contribution in [3.63, 3.8) is 0 Å². The van der Waals surface area contributed by atoms with Crippen molar-refractivity contribution in [1.29, 1.82) is 0 Å². The van der Waals surface area contributed by atoms with Gasteiger partial charge in [0, 0.05) is 38.4 Å². The molecule has 0 unspecified atom stereocenters. The Balaban J connectivity index is 1.66. The molecule has 0 aliphatic carbocycles. The number of fused-ring (bicyclic) bond motifs is 1. The highest BCUT2D eigenvalue weighted by molar-refractivity contribution is 5.98. The van der Waals surface area contributed by atoms with Crippen molar-refractivity contribution in [3.8, 4) is 0 Å². The number of carbonyl (C=O) groups excluding carboxylic acids is 1. The Morgan fingerprint density at radius 1 is 1.14 bits per heavy atom. The van der Waals surface area contributed by atoms with E-state index < -0.39 is 0 Å². The Morgan fingerprint density at radius 2 is 1.86 bits per heavy atom. The first-order valence-electron chi connectivity index (χ1n) is 8.06. The first kappa shape index (κ1) is 14.5. The fourth-order valence-electron chi connectivity index (χ4n) is 3.42. The van der Waals surface area contributed by atoms with E-state index >= 15 is 0 Å².